The van der Waals surface area contributed by atoms with Gasteiger partial charge in [-0.2, -0.15) is 0 Å². The van der Waals surface area contributed by atoms with Gasteiger partial charge in [0.2, 0.25) is 5.91 Å². The molecular formula is C15H18Cl2N2O4. The van der Waals surface area contributed by atoms with E-state index in [4.69, 9.17) is 27.9 Å². The number of carbonyl (C=O) groups excluding carboxylic acids is 3. The van der Waals surface area contributed by atoms with Crippen LogP contribution in [0.5, 0.6) is 0 Å². The third kappa shape index (κ3) is 7.34. The first-order chi connectivity index (χ1) is 10.9. The molecule has 8 heteroatoms. The normalized spacial score (nSPS) is 10.0. The van der Waals surface area contributed by atoms with Crippen molar-refractivity contribution in [2.75, 3.05) is 19.7 Å². The standard InChI is InChI=1S/C15H18Cl2N2O4/c1-2-23-14(21)6-5-13(20)18-7-8-19-15(22)11-9-10(16)3-4-12(11)17/h3-4,9H,2,5-8H2,1H3,(H,18,20)(H,19,22). The number of amides is 2. The summed E-state index contributed by atoms with van der Waals surface area (Å²) in [6, 6.07) is 4.59. The van der Waals surface area contributed by atoms with E-state index in [1.54, 1.807) is 13.0 Å². The molecule has 0 bridgehead atoms. The Morgan fingerprint density at radius 1 is 1.09 bits per heavy atom. The summed E-state index contributed by atoms with van der Waals surface area (Å²) in [7, 11) is 0. The van der Waals surface area contributed by atoms with E-state index < -0.39 is 5.97 Å². The largest absolute Gasteiger partial charge is 0.466 e. The van der Waals surface area contributed by atoms with E-state index in [2.05, 4.69) is 10.6 Å². The second-order valence-corrected chi connectivity index (χ2v) is 5.38. The second kappa shape index (κ2) is 10.1. The average molecular weight is 361 g/mol. The molecule has 0 atom stereocenters. The van der Waals surface area contributed by atoms with Crippen molar-refractivity contribution in [1.29, 1.82) is 0 Å². The maximum Gasteiger partial charge on any atom is 0.306 e. The minimum atomic E-state index is -0.411. The van der Waals surface area contributed by atoms with E-state index in [1.807, 2.05) is 0 Å². The molecule has 0 saturated carbocycles. The minimum Gasteiger partial charge on any atom is -0.466 e. The van der Waals surface area contributed by atoms with Crippen molar-refractivity contribution >= 4 is 41.0 Å². The van der Waals surface area contributed by atoms with Crippen LogP contribution in [-0.2, 0) is 14.3 Å². The molecule has 0 unspecified atom stereocenters. The minimum absolute atomic E-state index is 0.0319. The van der Waals surface area contributed by atoms with Gasteiger partial charge in [-0.3, -0.25) is 14.4 Å². The predicted molar refractivity (Wildman–Crippen MR) is 87.7 cm³/mol. The predicted octanol–water partition coefficient (Wildman–Crippen LogP) is 2.18. The maximum absolute atomic E-state index is 11.9. The fourth-order valence-corrected chi connectivity index (χ4v) is 2.06. The number of rotatable bonds is 8. The summed E-state index contributed by atoms with van der Waals surface area (Å²) < 4.78 is 4.72. The summed E-state index contributed by atoms with van der Waals surface area (Å²) in [6.07, 6.45) is 0.0804. The Morgan fingerprint density at radius 3 is 2.48 bits per heavy atom. The van der Waals surface area contributed by atoms with E-state index >= 15 is 0 Å². The molecule has 0 aromatic heterocycles. The molecule has 6 nitrogen and oxygen atoms in total. The van der Waals surface area contributed by atoms with E-state index in [9.17, 15) is 14.4 Å². The molecule has 2 amide bonds. The number of ether oxygens (including phenoxy) is 1. The molecule has 23 heavy (non-hydrogen) atoms. The van der Waals surface area contributed by atoms with Crippen LogP contribution in [-0.4, -0.2) is 37.5 Å². The van der Waals surface area contributed by atoms with Gasteiger partial charge in [0.15, 0.2) is 0 Å². The van der Waals surface area contributed by atoms with Gasteiger partial charge in [0.1, 0.15) is 0 Å². The zero-order valence-corrected chi connectivity index (χ0v) is 14.2. The van der Waals surface area contributed by atoms with Gasteiger partial charge in [-0.05, 0) is 25.1 Å². The van der Waals surface area contributed by atoms with Crippen LogP contribution < -0.4 is 10.6 Å². The van der Waals surface area contributed by atoms with Crippen LogP contribution in [0.2, 0.25) is 10.0 Å². The summed E-state index contributed by atoms with van der Waals surface area (Å²) >= 11 is 11.7. The fourth-order valence-electron chi connectivity index (χ4n) is 1.68. The molecule has 1 rings (SSSR count). The summed E-state index contributed by atoms with van der Waals surface area (Å²) in [4.78, 5) is 34.5. The molecule has 0 aliphatic carbocycles. The Morgan fingerprint density at radius 2 is 1.78 bits per heavy atom. The van der Waals surface area contributed by atoms with Crippen molar-refractivity contribution in [3.05, 3.63) is 33.8 Å². The van der Waals surface area contributed by atoms with Gasteiger partial charge in [0, 0.05) is 24.5 Å². The van der Waals surface area contributed by atoms with E-state index in [1.165, 1.54) is 12.1 Å². The molecule has 126 valence electrons. The van der Waals surface area contributed by atoms with Gasteiger partial charge in [0.25, 0.3) is 5.91 Å². The van der Waals surface area contributed by atoms with Crippen LogP contribution in [0.4, 0.5) is 0 Å². The highest BCUT2D eigenvalue weighted by Crippen LogP contribution is 2.20. The molecule has 0 spiro atoms. The smallest absolute Gasteiger partial charge is 0.306 e. The van der Waals surface area contributed by atoms with Crippen molar-refractivity contribution in [2.45, 2.75) is 19.8 Å². The zero-order chi connectivity index (χ0) is 17.2. The van der Waals surface area contributed by atoms with Crippen LogP contribution in [0.3, 0.4) is 0 Å². The molecule has 2 N–H and O–H groups in total. The lowest BCUT2D eigenvalue weighted by molar-refractivity contribution is -0.144. The van der Waals surface area contributed by atoms with Gasteiger partial charge in [-0.15, -0.1) is 0 Å². The SMILES string of the molecule is CCOC(=O)CCC(=O)NCCNC(=O)c1cc(Cl)ccc1Cl. The highest BCUT2D eigenvalue weighted by Gasteiger charge is 2.11. The van der Waals surface area contributed by atoms with Crippen LogP contribution in [0, 0.1) is 0 Å². The molecule has 1 aromatic rings. The van der Waals surface area contributed by atoms with Crippen molar-refractivity contribution in [3.8, 4) is 0 Å². The topological polar surface area (TPSA) is 84.5 Å². The fraction of sp³-hybridized carbons (Fsp3) is 0.400. The van der Waals surface area contributed by atoms with Crippen molar-refractivity contribution < 1.29 is 19.1 Å². The Bertz CT molecular complexity index is 579. The summed E-state index contributed by atoms with van der Waals surface area (Å²) in [5.74, 6) is -1.07. The quantitative estimate of drug-likeness (QED) is 0.549. The Hall–Kier alpha value is -1.79. The highest BCUT2D eigenvalue weighted by molar-refractivity contribution is 6.35. The van der Waals surface area contributed by atoms with Gasteiger partial charge in [-0.1, -0.05) is 23.2 Å². The first-order valence-corrected chi connectivity index (χ1v) is 7.85. The lowest BCUT2D eigenvalue weighted by Gasteiger charge is -2.08. The number of nitrogens with one attached hydrogen (secondary N) is 2. The Kier molecular flexibility index (Phi) is 8.43. The molecule has 1 aromatic carbocycles. The molecule has 0 fully saturated rings. The molecular weight excluding hydrogens is 343 g/mol. The van der Waals surface area contributed by atoms with Gasteiger partial charge < -0.3 is 15.4 Å². The molecule has 0 saturated heterocycles. The molecule has 0 heterocycles. The van der Waals surface area contributed by atoms with E-state index in [0.29, 0.717) is 16.7 Å². The zero-order valence-electron chi connectivity index (χ0n) is 12.7. The first kappa shape index (κ1) is 19.3. The van der Waals surface area contributed by atoms with Crippen LogP contribution >= 0.6 is 23.2 Å². The van der Waals surface area contributed by atoms with Crippen molar-refractivity contribution in [1.82, 2.24) is 10.6 Å². The molecule has 0 aliphatic rings. The number of carbonyl (C=O) groups is 3. The summed E-state index contributed by atoms with van der Waals surface area (Å²) in [6.45, 7) is 2.46. The van der Waals surface area contributed by atoms with Gasteiger partial charge in [0.05, 0.1) is 23.6 Å². The Balaban J connectivity index is 2.26. The van der Waals surface area contributed by atoms with Crippen LogP contribution in [0.25, 0.3) is 0 Å². The number of hydrogen-bond acceptors (Lipinski definition) is 4. The number of benzene rings is 1. The monoisotopic (exact) mass is 360 g/mol. The van der Waals surface area contributed by atoms with Crippen LogP contribution in [0.15, 0.2) is 18.2 Å². The number of halogens is 2. The first-order valence-electron chi connectivity index (χ1n) is 7.09. The average Bonchev–Trinajstić information content (AvgIpc) is 2.52. The number of esters is 1. The third-order valence-electron chi connectivity index (χ3n) is 2.77. The Labute approximate surface area is 144 Å². The van der Waals surface area contributed by atoms with Crippen LogP contribution in [0.1, 0.15) is 30.1 Å². The number of hydrogen-bond donors (Lipinski definition) is 2. The van der Waals surface area contributed by atoms with Gasteiger partial charge >= 0.3 is 5.97 Å². The lowest BCUT2D eigenvalue weighted by atomic mass is 10.2. The third-order valence-corrected chi connectivity index (χ3v) is 3.33. The van der Waals surface area contributed by atoms with E-state index in [-0.39, 0.29) is 43.3 Å². The lowest BCUT2D eigenvalue weighted by Crippen LogP contribution is -2.34. The van der Waals surface area contributed by atoms with Gasteiger partial charge in [-0.25, -0.2) is 0 Å². The highest BCUT2D eigenvalue weighted by atomic mass is 35.5. The maximum atomic E-state index is 11.9. The molecule has 0 aliphatic heterocycles. The summed E-state index contributed by atoms with van der Waals surface area (Å²) in [5.41, 5.74) is 0.271. The second-order valence-electron chi connectivity index (χ2n) is 4.54. The van der Waals surface area contributed by atoms with E-state index in [0.717, 1.165) is 0 Å². The summed E-state index contributed by atoms with van der Waals surface area (Å²) in [5, 5.41) is 5.92. The van der Waals surface area contributed by atoms with Crippen molar-refractivity contribution in [2.24, 2.45) is 0 Å². The van der Waals surface area contributed by atoms with Crippen molar-refractivity contribution in [3.63, 3.8) is 0 Å². The molecule has 0 radical (unpaired) electrons.